The molecule has 1 N–H and O–H groups in total. The normalized spacial score (nSPS) is 10.8. The standard InChI is InChI=1S/C20H15FN4O/c1-13-9-10-22-12-18(13)24-20-23-17-8-7-14(21)11-16(17)19(26)25(20)15-5-3-2-4-6-15/h2-12H,1H3,(H,23,24). The number of benzene rings is 2. The summed E-state index contributed by atoms with van der Waals surface area (Å²) in [5.41, 5.74) is 2.43. The summed E-state index contributed by atoms with van der Waals surface area (Å²) >= 11 is 0. The first-order chi connectivity index (χ1) is 12.6. The summed E-state index contributed by atoms with van der Waals surface area (Å²) in [6, 6.07) is 15.0. The molecule has 4 aromatic rings. The number of aromatic nitrogens is 3. The molecule has 2 aromatic carbocycles. The highest BCUT2D eigenvalue weighted by molar-refractivity contribution is 5.80. The number of nitrogens with one attached hydrogen (secondary N) is 1. The molecule has 0 saturated heterocycles. The van der Waals surface area contributed by atoms with E-state index in [9.17, 15) is 9.18 Å². The highest BCUT2D eigenvalue weighted by Crippen LogP contribution is 2.22. The Labute approximate surface area is 148 Å². The Balaban J connectivity index is 2.00. The molecule has 0 fully saturated rings. The van der Waals surface area contributed by atoms with Gasteiger partial charge in [0.1, 0.15) is 5.82 Å². The third-order valence-corrected chi connectivity index (χ3v) is 4.13. The van der Waals surface area contributed by atoms with Crippen molar-refractivity contribution in [1.29, 1.82) is 0 Å². The minimum atomic E-state index is -0.472. The number of nitrogens with zero attached hydrogens (tertiary/aromatic N) is 3. The summed E-state index contributed by atoms with van der Waals surface area (Å²) in [5.74, 6) is -0.128. The number of halogens is 1. The van der Waals surface area contributed by atoms with Gasteiger partial charge in [-0.05, 0) is 48.9 Å². The lowest BCUT2D eigenvalue weighted by atomic mass is 10.2. The molecule has 0 atom stereocenters. The van der Waals surface area contributed by atoms with Gasteiger partial charge >= 0.3 is 0 Å². The maximum atomic E-state index is 13.7. The molecule has 0 unspecified atom stereocenters. The van der Waals surface area contributed by atoms with E-state index in [4.69, 9.17) is 0 Å². The lowest BCUT2D eigenvalue weighted by molar-refractivity contribution is 0.629. The van der Waals surface area contributed by atoms with Crippen molar-refractivity contribution in [3.8, 4) is 5.69 Å². The third-order valence-electron chi connectivity index (χ3n) is 4.13. The molecule has 0 aliphatic heterocycles. The molecule has 0 radical (unpaired) electrons. The van der Waals surface area contributed by atoms with Gasteiger partial charge in [0.25, 0.3) is 5.56 Å². The second kappa shape index (κ2) is 6.40. The van der Waals surface area contributed by atoms with Gasteiger partial charge in [0.15, 0.2) is 0 Å². The van der Waals surface area contributed by atoms with Gasteiger partial charge in [0, 0.05) is 6.20 Å². The summed E-state index contributed by atoms with van der Waals surface area (Å²) in [6.45, 7) is 1.94. The van der Waals surface area contributed by atoms with Crippen molar-refractivity contribution in [3.63, 3.8) is 0 Å². The van der Waals surface area contributed by atoms with Crippen molar-refractivity contribution in [2.24, 2.45) is 0 Å². The maximum Gasteiger partial charge on any atom is 0.267 e. The van der Waals surface area contributed by atoms with Gasteiger partial charge in [-0.2, -0.15) is 0 Å². The Morgan fingerprint density at radius 2 is 1.88 bits per heavy atom. The fourth-order valence-corrected chi connectivity index (χ4v) is 2.77. The Hall–Kier alpha value is -3.54. The van der Waals surface area contributed by atoms with Crippen LogP contribution in [0.4, 0.5) is 16.0 Å². The summed E-state index contributed by atoms with van der Waals surface area (Å²) in [4.78, 5) is 21.7. The lowest BCUT2D eigenvalue weighted by Crippen LogP contribution is -2.23. The molecule has 0 aliphatic carbocycles. The zero-order chi connectivity index (χ0) is 18.1. The van der Waals surface area contributed by atoms with Gasteiger partial charge < -0.3 is 5.32 Å². The van der Waals surface area contributed by atoms with E-state index in [1.54, 1.807) is 24.5 Å². The minimum Gasteiger partial charge on any atom is -0.324 e. The first-order valence-electron chi connectivity index (χ1n) is 8.09. The third kappa shape index (κ3) is 2.82. The van der Waals surface area contributed by atoms with E-state index >= 15 is 0 Å². The Bertz CT molecular complexity index is 1160. The molecule has 0 amide bonds. The van der Waals surface area contributed by atoms with Crippen molar-refractivity contribution in [2.45, 2.75) is 6.92 Å². The zero-order valence-electron chi connectivity index (χ0n) is 14.0. The average molecular weight is 346 g/mol. The van der Waals surface area contributed by atoms with Crippen LogP contribution in [0.5, 0.6) is 0 Å². The van der Waals surface area contributed by atoms with Crippen molar-refractivity contribution in [1.82, 2.24) is 14.5 Å². The first kappa shape index (κ1) is 16.0. The fraction of sp³-hybridized carbons (Fsp3) is 0.0500. The maximum absolute atomic E-state index is 13.7. The summed E-state index contributed by atoms with van der Waals surface area (Å²) in [6.07, 6.45) is 3.37. The van der Waals surface area contributed by atoms with E-state index in [1.165, 1.54) is 22.8 Å². The number of rotatable bonds is 3. The molecule has 6 heteroatoms. The van der Waals surface area contributed by atoms with Crippen LogP contribution in [0.1, 0.15) is 5.56 Å². The van der Waals surface area contributed by atoms with E-state index in [-0.39, 0.29) is 10.9 Å². The van der Waals surface area contributed by atoms with E-state index in [1.807, 2.05) is 31.2 Å². The van der Waals surface area contributed by atoms with Crippen LogP contribution in [0.25, 0.3) is 16.6 Å². The van der Waals surface area contributed by atoms with Crippen LogP contribution in [0.2, 0.25) is 0 Å². The summed E-state index contributed by atoms with van der Waals surface area (Å²) in [7, 11) is 0. The van der Waals surface area contributed by atoms with Crippen molar-refractivity contribution < 1.29 is 4.39 Å². The van der Waals surface area contributed by atoms with Crippen LogP contribution in [0.15, 0.2) is 71.8 Å². The lowest BCUT2D eigenvalue weighted by Gasteiger charge is -2.15. The topological polar surface area (TPSA) is 59.8 Å². The minimum absolute atomic E-state index is 0.224. The van der Waals surface area contributed by atoms with E-state index < -0.39 is 5.82 Å². The molecule has 0 spiro atoms. The van der Waals surface area contributed by atoms with Crippen molar-refractivity contribution in [3.05, 3.63) is 88.7 Å². The second-order valence-corrected chi connectivity index (χ2v) is 5.89. The van der Waals surface area contributed by atoms with Gasteiger partial charge in [0.05, 0.1) is 28.5 Å². The Morgan fingerprint density at radius 1 is 1.08 bits per heavy atom. The first-order valence-corrected chi connectivity index (χ1v) is 8.09. The van der Waals surface area contributed by atoms with Crippen LogP contribution in [-0.4, -0.2) is 14.5 Å². The fourth-order valence-electron chi connectivity index (χ4n) is 2.77. The molecule has 0 saturated carbocycles. The molecular formula is C20H15FN4O. The molecule has 0 aliphatic rings. The van der Waals surface area contributed by atoms with Crippen LogP contribution >= 0.6 is 0 Å². The number of pyridine rings is 1. The van der Waals surface area contributed by atoms with Crippen molar-refractivity contribution in [2.75, 3.05) is 5.32 Å². The molecular weight excluding hydrogens is 331 g/mol. The van der Waals surface area contributed by atoms with E-state index in [0.717, 1.165) is 11.3 Å². The predicted molar refractivity (Wildman–Crippen MR) is 99.6 cm³/mol. The SMILES string of the molecule is Cc1ccncc1Nc1nc2ccc(F)cc2c(=O)n1-c1ccccc1. The van der Waals surface area contributed by atoms with Gasteiger partial charge in [-0.1, -0.05) is 18.2 Å². The largest absolute Gasteiger partial charge is 0.324 e. The van der Waals surface area contributed by atoms with Gasteiger partial charge in [0.2, 0.25) is 5.95 Å². The van der Waals surface area contributed by atoms with Crippen molar-refractivity contribution >= 4 is 22.5 Å². The van der Waals surface area contributed by atoms with E-state index in [0.29, 0.717) is 17.2 Å². The molecule has 26 heavy (non-hydrogen) atoms. The highest BCUT2D eigenvalue weighted by atomic mass is 19.1. The Morgan fingerprint density at radius 3 is 2.65 bits per heavy atom. The number of aryl methyl sites for hydroxylation is 1. The number of fused-ring (bicyclic) bond motifs is 1. The highest BCUT2D eigenvalue weighted by Gasteiger charge is 2.14. The van der Waals surface area contributed by atoms with Crippen LogP contribution in [-0.2, 0) is 0 Å². The smallest absolute Gasteiger partial charge is 0.267 e. The molecule has 2 aromatic heterocycles. The number of para-hydroxylation sites is 1. The Kier molecular flexibility index (Phi) is 3.93. The van der Waals surface area contributed by atoms with Crippen LogP contribution in [0.3, 0.4) is 0 Å². The second-order valence-electron chi connectivity index (χ2n) is 5.89. The average Bonchev–Trinajstić information content (AvgIpc) is 2.65. The summed E-state index contributed by atoms with van der Waals surface area (Å²) < 4.78 is 15.1. The monoisotopic (exact) mass is 346 g/mol. The van der Waals surface area contributed by atoms with Gasteiger partial charge in [-0.25, -0.2) is 13.9 Å². The number of anilines is 2. The predicted octanol–water partition coefficient (Wildman–Crippen LogP) is 3.97. The zero-order valence-corrected chi connectivity index (χ0v) is 14.0. The molecule has 0 bridgehead atoms. The molecule has 128 valence electrons. The van der Waals surface area contributed by atoms with Gasteiger partial charge in [-0.15, -0.1) is 0 Å². The van der Waals surface area contributed by atoms with Gasteiger partial charge in [-0.3, -0.25) is 9.78 Å². The quantitative estimate of drug-likeness (QED) is 0.610. The molecule has 2 heterocycles. The van der Waals surface area contributed by atoms with E-state index in [2.05, 4.69) is 15.3 Å². The molecule has 5 nitrogen and oxygen atoms in total. The number of hydrogen-bond acceptors (Lipinski definition) is 4. The summed E-state index contributed by atoms with van der Waals surface area (Å²) in [5, 5.41) is 3.41. The number of hydrogen-bond donors (Lipinski definition) is 1. The molecule has 4 rings (SSSR count). The van der Waals surface area contributed by atoms with Crippen LogP contribution in [0, 0.1) is 12.7 Å². The van der Waals surface area contributed by atoms with Crippen LogP contribution < -0.4 is 10.9 Å².